The predicted molar refractivity (Wildman–Crippen MR) is 86.6 cm³/mol. The molecule has 1 atom stereocenters. The number of furan rings is 1. The Morgan fingerprint density at radius 1 is 1.32 bits per heavy atom. The molecular formula is C17H26N4O. The Morgan fingerprint density at radius 3 is 2.77 bits per heavy atom. The average molecular weight is 302 g/mol. The highest BCUT2D eigenvalue weighted by atomic mass is 16.3. The summed E-state index contributed by atoms with van der Waals surface area (Å²) in [7, 11) is 0. The molecule has 2 aromatic rings. The lowest BCUT2D eigenvalue weighted by atomic mass is 10.1. The minimum Gasteiger partial charge on any atom is -0.468 e. The van der Waals surface area contributed by atoms with E-state index in [0.29, 0.717) is 6.04 Å². The summed E-state index contributed by atoms with van der Waals surface area (Å²) in [6.07, 6.45) is 5.70. The van der Waals surface area contributed by atoms with Crippen molar-refractivity contribution in [3.8, 4) is 0 Å². The molecule has 120 valence electrons. The second kappa shape index (κ2) is 7.11. The molecule has 0 bridgehead atoms. The molecule has 1 unspecified atom stereocenters. The van der Waals surface area contributed by atoms with Gasteiger partial charge in [-0.05, 0) is 51.9 Å². The van der Waals surface area contributed by atoms with Crippen molar-refractivity contribution in [2.24, 2.45) is 0 Å². The third-order valence-corrected chi connectivity index (χ3v) is 4.62. The first-order valence-electron chi connectivity index (χ1n) is 8.24. The van der Waals surface area contributed by atoms with Crippen molar-refractivity contribution >= 4 is 0 Å². The van der Waals surface area contributed by atoms with Crippen LogP contribution < -0.4 is 5.32 Å². The predicted octanol–water partition coefficient (Wildman–Crippen LogP) is 2.94. The molecule has 5 nitrogen and oxygen atoms in total. The molecule has 3 heterocycles. The lowest BCUT2D eigenvalue weighted by Crippen LogP contribution is -2.38. The molecule has 0 aliphatic carbocycles. The zero-order valence-corrected chi connectivity index (χ0v) is 13.6. The molecule has 2 aromatic heterocycles. The van der Waals surface area contributed by atoms with Gasteiger partial charge in [-0.1, -0.05) is 6.42 Å². The fraction of sp³-hybridized carbons (Fsp3) is 0.588. The number of nitrogens with one attached hydrogen (secondary N) is 2. The Balaban J connectivity index is 1.63. The van der Waals surface area contributed by atoms with Gasteiger partial charge in [-0.15, -0.1) is 0 Å². The van der Waals surface area contributed by atoms with Crippen LogP contribution in [0.1, 0.15) is 48.0 Å². The normalized spacial score (nSPS) is 17.7. The summed E-state index contributed by atoms with van der Waals surface area (Å²) in [6, 6.07) is 4.40. The number of aromatic amines is 1. The van der Waals surface area contributed by atoms with Gasteiger partial charge in [-0.2, -0.15) is 5.10 Å². The van der Waals surface area contributed by atoms with Crippen LogP contribution in [0.15, 0.2) is 22.8 Å². The van der Waals surface area contributed by atoms with Crippen molar-refractivity contribution in [2.75, 3.05) is 19.6 Å². The topological polar surface area (TPSA) is 57.1 Å². The van der Waals surface area contributed by atoms with Crippen LogP contribution in [0.3, 0.4) is 0 Å². The van der Waals surface area contributed by atoms with Crippen LogP contribution in [-0.2, 0) is 6.54 Å². The van der Waals surface area contributed by atoms with Crippen molar-refractivity contribution in [1.29, 1.82) is 0 Å². The molecule has 3 rings (SSSR count). The van der Waals surface area contributed by atoms with Gasteiger partial charge in [0.25, 0.3) is 0 Å². The first-order valence-corrected chi connectivity index (χ1v) is 8.24. The van der Waals surface area contributed by atoms with E-state index in [0.717, 1.165) is 43.3 Å². The van der Waals surface area contributed by atoms with Crippen molar-refractivity contribution in [3.63, 3.8) is 0 Å². The molecule has 1 fully saturated rings. The van der Waals surface area contributed by atoms with E-state index in [1.54, 1.807) is 6.26 Å². The number of hydrogen-bond acceptors (Lipinski definition) is 4. The zero-order chi connectivity index (χ0) is 15.4. The lowest BCUT2D eigenvalue weighted by Gasteiger charge is -2.33. The van der Waals surface area contributed by atoms with E-state index < -0.39 is 0 Å². The van der Waals surface area contributed by atoms with E-state index in [-0.39, 0.29) is 0 Å². The zero-order valence-electron chi connectivity index (χ0n) is 13.6. The minimum absolute atomic E-state index is 0.322. The van der Waals surface area contributed by atoms with E-state index in [4.69, 9.17) is 4.42 Å². The number of piperidine rings is 1. The maximum atomic E-state index is 5.68. The molecule has 0 aromatic carbocycles. The summed E-state index contributed by atoms with van der Waals surface area (Å²) < 4.78 is 5.68. The molecule has 5 heteroatoms. The van der Waals surface area contributed by atoms with Crippen LogP contribution in [-0.4, -0.2) is 34.7 Å². The number of aromatic nitrogens is 2. The van der Waals surface area contributed by atoms with Gasteiger partial charge in [-0.3, -0.25) is 10.00 Å². The maximum absolute atomic E-state index is 5.68. The van der Waals surface area contributed by atoms with Gasteiger partial charge in [0, 0.05) is 24.3 Å². The van der Waals surface area contributed by atoms with Crippen LogP contribution in [0.2, 0.25) is 0 Å². The third-order valence-electron chi connectivity index (χ3n) is 4.62. The molecule has 1 saturated heterocycles. The molecule has 2 N–H and O–H groups in total. The van der Waals surface area contributed by atoms with Gasteiger partial charge < -0.3 is 9.73 Å². The lowest BCUT2D eigenvalue weighted by molar-refractivity contribution is 0.142. The fourth-order valence-corrected chi connectivity index (χ4v) is 3.29. The molecule has 22 heavy (non-hydrogen) atoms. The Hall–Kier alpha value is -1.59. The Labute approximate surface area is 132 Å². The van der Waals surface area contributed by atoms with Crippen LogP contribution in [0.5, 0.6) is 0 Å². The molecule has 0 spiro atoms. The standard InChI is InChI=1S/C17H26N4O/c1-13-15(14(2)20-19-13)11-18-12-16(17-7-6-10-22-17)21-8-4-3-5-9-21/h6-7,10,16,18H,3-5,8-9,11-12H2,1-2H3,(H,19,20). The first kappa shape index (κ1) is 15.3. The molecule has 1 aliphatic rings. The average Bonchev–Trinajstić information content (AvgIpc) is 3.17. The number of hydrogen-bond donors (Lipinski definition) is 2. The van der Waals surface area contributed by atoms with Gasteiger partial charge >= 0.3 is 0 Å². The van der Waals surface area contributed by atoms with Gasteiger partial charge in [-0.25, -0.2) is 0 Å². The molecule has 1 aliphatic heterocycles. The van der Waals surface area contributed by atoms with Crippen LogP contribution >= 0.6 is 0 Å². The fourth-order valence-electron chi connectivity index (χ4n) is 3.29. The second-order valence-electron chi connectivity index (χ2n) is 6.17. The summed E-state index contributed by atoms with van der Waals surface area (Å²) in [5.41, 5.74) is 3.51. The number of nitrogens with zero attached hydrogens (tertiary/aromatic N) is 2. The van der Waals surface area contributed by atoms with Gasteiger partial charge in [0.05, 0.1) is 18.0 Å². The smallest absolute Gasteiger partial charge is 0.122 e. The summed E-state index contributed by atoms with van der Waals surface area (Å²) in [6.45, 7) is 8.20. The van der Waals surface area contributed by atoms with Crippen molar-refractivity contribution in [2.45, 2.75) is 45.7 Å². The summed E-state index contributed by atoms with van der Waals surface area (Å²) in [5.74, 6) is 1.06. The van der Waals surface area contributed by atoms with E-state index >= 15 is 0 Å². The molecular weight excluding hydrogens is 276 g/mol. The van der Waals surface area contributed by atoms with Crippen molar-refractivity contribution in [3.05, 3.63) is 41.1 Å². The van der Waals surface area contributed by atoms with Gasteiger partial charge in [0.15, 0.2) is 0 Å². The highest BCUT2D eigenvalue weighted by Gasteiger charge is 2.24. The van der Waals surface area contributed by atoms with Crippen LogP contribution in [0, 0.1) is 13.8 Å². The SMILES string of the molecule is Cc1n[nH]c(C)c1CNCC(c1ccco1)N1CCCCC1. The highest BCUT2D eigenvalue weighted by molar-refractivity contribution is 5.22. The van der Waals surface area contributed by atoms with Crippen LogP contribution in [0.25, 0.3) is 0 Å². The molecule has 0 amide bonds. The largest absolute Gasteiger partial charge is 0.468 e. The van der Waals surface area contributed by atoms with E-state index in [1.165, 1.54) is 24.8 Å². The first-order chi connectivity index (χ1) is 10.8. The number of rotatable bonds is 6. The number of aryl methyl sites for hydroxylation is 2. The Morgan fingerprint density at radius 2 is 2.14 bits per heavy atom. The Bertz CT molecular complexity index is 550. The monoisotopic (exact) mass is 302 g/mol. The third kappa shape index (κ3) is 3.42. The minimum atomic E-state index is 0.322. The summed E-state index contributed by atoms with van der Waals surface area (Å²) in [5, 5.41) is 10.9. The molecule has 0 radical (unpaired) electrons. The van der Waals surface area contributed by atoms with Crippen molar-refractivity contribution < 1.29 is 4.42 Å². The second-order valence-corrected chi connectivity index (χ2v) is 6.17. The van der Waals surface area contributed by atoms with Crippen molar-refractivity contribution in [1.82, 2.24) is 20.4 Å². The Kier molecular flexibility index (Phi) is 4.95. The van der Waals surface area contributed by atoms with Crippen LogP contribution in [0.4, 0.5) is 0 Å². The van der Waals surface area contributed by atoms with E-state index in [2.05, 4.69) is 40.3 Å². The number of H-pyrrole nitrogens is 1. The van der Waals surface area contributed by atoms with E-state index in [1.807, 2.05) is 6.07 Å². The van der Waals surface area contributed by atoms with Gasteiger partial charge in [0.1, 0.15) is 5.76 Å². The number of likely N-dealkylation sites (tertiary alicyclic amines) is 1. The van der Waals surface area contributed by atoms with E-state index in [9.17, 15) is 0 Å². The maximum Gasteiger partial charge on any atom is 0.122 e. The summed E-state index contributed by atoms with van der Waals surface area (Å²) in [4.78, 5) is 2.55. The quantitative estimate of drug-likeness (QED) is 0.861. The molecule has 0 saturated carbocycles. The summed E-state index contributed by atoms with van der Waals surface area (Å²) >= 11 is 0. The highest BCUT2D eigenvalue weighted by Crippen LogP contribution is 2.24. The van der Waals surface area contributed by atoms with Gasteiger partial charge in [0.2, 0.25) is 0 Å².